The van der Waals surface area contributed by atoms with Crippen molar-refractivity contribution >= 4 is 17.8 Å². The summed E-state index contributed by atoms with van der Waals surface area (Å²) in [6.07, 6.45) is -0.808. The predicted molar refractivity (Wildman–Crippen MR) is 98.6 cm³/mol. The van der Waals surface area contributed by atoms with Gasteiger partial charge in [0.05, 0.1) is 13.2 Å². The third kappa shape index (κ3) is 4.76. The van der Waals surface area contributed by atoms with Crippen molar-refractivity contribution in [1.82, 2.24) is 0 Å². The molecule has 152 valence electrons. The standard InChI is InChI=1S/C20H23FO7/c1-10-7-14(21)18(24)19(25)15(22)6-4-5-12-8-13(27-3)9-16(23)17(12)20(26)28-11(10)2/h4-5,7-11,15,19,22-23,25H,6H2,1-3H3/b5-4+,14-7+/t10-,11+,15+,19+/m1/s1. The number of aliphatic hydroxyl groups is 2. The van der Waals surface area contributed by atoms with Gasteiger partial charge in [0, 0.05) is 12.0 Å². The highest BCUT2D eigenvalue weighted by atomic mass is 19.1. The van der Waals surface area contributed by atoms with E-state index >= 15 is 0 Å². The molecule has 8 heteroatoms. The number of aromatic hydroxyl groups is 1. The van der Waals surface area contributed by atoms with Crippen LogP contribution in [0.15, 0.2) is 30.1 Å². The van der Waals surface area contributed by atoms with E-state index in [1.807, 2.05) is 0 Å². The van der Waals surface area contributed by atoms with E-state index in [4.69, 9.17) is 9.47 Å². The van der Waals surface area contributed by atoms with Gasteiger partial charge in [-0.2, -0.15) is 0 Å². The Morgan fingerprint density at radius 2 is 1.89 bits per heavy atom. The highest BCUT2D eigenvalue weighted by Gasteiger charge is 2.29. The number of ether oxygens (including phenoxy) is 2. The summed E-state index contributed by atoms with van der Waals surface area (Å²) in [5, 5.41) is 30.1. The third-order valence-electron chi connectivity index (χ3n) is 4.55. The smallest absolute Gasteiger partial charge is 0.342 e. The Morgan fingerprint density at radius 1 is 1.21 bits per heavy atom. The van der Waals surface area contributed by atoms with Crippen LogP contribution < -0.4 is 4.74 Å². The second-order valence-electron chi connectivity index (χ2n) is 6.61. The van der Waals surface area contributed by atoms with Crippen LogP contribution in [0.4, 0.5) is 4.39 Å². The maximum Gasteiger partial charge on any atom is 0.342 e. The van der Waals surface area contributed by atoms with Crippen LogP contribution in [0.1, 0.15) is 36.2 Å². The summed E-state index contributed by atoms with van der Waals surface area (Å²) in [6, 6.07) is 2.74. The summed E-state index contributed by atoms with van der Waals surface area (Å²) >= 11 is 0. The number of ketones is 1. The molecule has 0 aliphatic carbocycles. The van der Waals surface area contributed by atoms with Crippen molar-refractivity contribution in [1.29, 1.82) is 0 Å². The maximum absolute atomic E-state index is 14.1. The van der Waals surface area contributed by atoms with Gasteiger partial charge >= 0.3 is 5.97 Å². The molecular weight excluding hydrogens is 371 g/mol. The topological polar surface area (TPSA) is 113 Å². The fourth-order valence-corrected chi connectivity index (χ4v) is 2.66. The second kappa shape index (κ2) is 8.99. The van der Waals surface area contributed by atoms with Crippen LogP contribution in [-0.2, 0) is 9.53 Å². The van der Waals surface area contributed by atoms with E-state index in [2.05, 4.69) is 0 Å². The Labute approximate surface area is 161 Å². The number of cyclic esters (lactones) is 1. The van der Waals surface area contributed by atoms with E-state index in [1.165, 1.54) is 45.2 Å². The highest BCUT2D eigenvalue weighted by Crippen LogP contribution is 2.31. The molecule has 1 aromatic carbocycles. The summed E-state index contributed by atoms with van der Waals surface area (Å²) < 4.78 is 24.5. The molecule has 0 saturated heterocycles. The van der Waals surface area contributed by atoms with Crippen LogP contribution in [0.25, 0.3) is 6.08 Å². The fourth-order valence-electron chi connectivity index (χ4n) is 2.66. The van der Waals surface area contributed by atoms with E-state index in [0.29, 0.717) is 0 Å². The number of carbonyl (C=O) groups excluding carboxylic acids is 2. The number of fused-ring (bicyclic) bond motifs is 1. The third-order valence-corrected chi connectivity index (χ3v) is 4.55. The van der Waals surface area contributed by atoms with Gasteiger partial charge in [-0.25, -0.2) is 9.18 Å². The molecule has 1 heterocycles. The van der Waals surface area contributed by atoms with Gasteiger partial charge in [-0.1, -0.05) is 19.1 Å². The van der Waals surface area contributed by atoms with Crippen LogP contribution in [0, 0.1) is 5.92 Å². The molecule has 0 aromatic heterocycles. The molecule has 0 saturated carbocycles. The van der Waals surface area contributed by atoms with Crippen molar-refractivity contribution in [3.63, 3.8) is 0 Å². The van der Waals surface area contributed by atoms with Gasteiger partial charge in [0.2, 0.25) is 5.78 Å². The van der Waals surface area contributed by atoms with Crippen molar-refractivity contribution in [3.8, 4) is 11.5 Å². The molecule has 3 N–H and O–H groups in total. The number of phenols is 1. The molecule has 2 rings (SSSR count). The molecule has 4 atom stereocenters. The van der Waals surface area contributed by atoms with E-state index in [0.717, 1.165) is 6.08 Å². The van der Waals surface area contributed by atoms with Crippen molar-refractivity contribution in [3.05, 3.63) is 41.2 Å². The number of halogens is 1. The van der Waals surface area contributed by atoms with Crippen LogP contribution in [0.3, 0.4) is 0 Å². The van der Waals surface area contributed by atoms with Crippen molar-refractivity contribution in [2.24, 2.45) is 5.92 Å². The molecule has 0 amide bonds. The van der Waals surface area contributed by atoms with Crippen LogP contribution in [0.2, 0.25) is 0 Å². The Balaban J connectivity index is 2.54. The summed E-state index contributed by atoms with van der Waals surface area (Å²) in [5.41, 5.74) is 0.136. The normalized spacial score (nSPS) is 29.7. The minimum absolute atomic E-state index is 0.122. The van der Waals surface area contributed by atoms with E-state index < -0.39 is 41.8 Å². The van der Waals surface area contributed by atoms with Gasteiger partial charge in [0.15, 0.2) is 5.83 Å². The predicted octanol–water partition coefficient (Wildman–Crippen LogP) is 2.14. The molecule has 7 nitrogen and oxygen atoms in total. The summed E-state index contributed by atoms with van der Waals surface area (Å²) in [7, 11) is 1.39. The van der Waals surface area contributed by atoms with E-state index in [9.17, 15) is 29.3 Å². The number of benzene rings is 1. The Bertz CT molecular complexity index is 815. The van der Waals surface area contributed by atoms with Gasteiger partial charge in [0.25, 0.3) is 0 Å². The number of aliphatic hydroxyl groups excluding tert-OH is 2. The van der Waals surface area contributed by atoms with Crippen molar-refractivity contribution < 1.29 is 38.8 Å². The average Bonchev–Trinajstić information content (AvgIpc) is 2.65. The lowest BCUT2D eigenvalue weighted by molar-refractivity contribution is -0.130. The number of Topliss-reactive ketones (excluding diaryl/α,β-unsaturated/α-hetero) is 1. The van der Waals surface area contributed by atoms with Gasteiger partial charge < -0.3 is 24.8 Å². The van der Waals surface area contributed by atoms with Gasteiger partial charge in [-0.3, -0.25) is 4.79 Å². The fraction of sp³-hybridized carbons (Fsp3) is 0.400. The first-order valence-corrected chi connectivity index (χ1v) is 8.71. The molecule has 1 aliphatic rings. The largest absolute Gasteiger partial charge is 0.507 e. The van der Waals surface area contributed by atoms with Gasteiger partial charge in [-0.15, -0.1) is 0 Å². The zero-order valence-corrected chi connectivity index (χ0v) is 15.8. The zero-order chi connectivity index (χ0) is 21.0. The average molecular weight is 394 g/mol. The number of hydrogen-bond acceptors (Lipinski definition) is 7. The number of esters is 1. The Kier molecular flexibility index (Phi) is 6.93. The quantitative estimate of drug-likeness (QED) is 0.626. The SMILES string of the molecule is COc1cc(O)c2c(c1)/C=C/C[C@H](O)[C@H](O)C(=O)/C(F)=C\[C@@H](C)[C@H](C)OC2=O. The molecule has 0 spiro atoms. The zero-order valence-electron chi connectivity index (χ0n) is 15.8. The van der Waals surface area contributed by atoms with E-state index in [-0.39, 0.29) is 29.0 Å². The van der Waals surface area contributed by atoms with Gasteiger partial charge in [0.1, 0.15) is 29.3 Å². The van der Waals surface area contributed by atoms with Gasteiger partial charge in [-0.05, 0) is 31.1 Å². The molecule has 0 fully saturated rings. The van der Waals surface area contributed by atoms with E-state index in [1.54, 1.807) is 0 Å². The molecule has 1 aliphatic heterocycles. The lowest BCUT2D eigenvalue weighted by atomic mass is 9.99. The van der Waals surface area contributed by atoms with Crippen molar-refractivity contribution in [2.75, 3.05) is 7.11 Å². The van der Waals surface area contributed by atoms with Crippen LogP contribution in [0.5, 0.6) is 11.5 Å². The number of carbonyl (C=O) groups is 2. The Morgan fingerprint density at radius 3 is 2.54 bits per heavy atom. The monoisotopic (exact) mass is 394 g/mol. The first kappa shape index (κ1) is 21.6. The van der Waals surface area contributed by atoms with Crippen LogP contribution in [-0.4, -0.2) is 52.5 Å². The summed E-state index contributed by atoms with van der Waals surface area (Å²) in [6.45, 7) is 3.03. The maximum atomic E-state index is 14.1. The molecule has 28 heavy (non-hydrogen) atoms. The lowest BCUT2D eigenvalue weighted by Crippen LogP contribution is -2.34. The summed E-state index contributed by atoms with van der Waals surface area (Å²) in [5.74, 6) is -4.10. The number of rotatable bonds is 1. The molecule has 1 aromatic rings. The number of phenolic OH excluding ortho intramolecular Hbond substituents is 1. The molecule has 0 radical (unpaired) electrons. The minimum atomic E-state index is -1.94. The van der Waals surface area contributed by atoms with Crippen molar-refractivity contribution in [2.45, 2.75) is 38.6 Å². The first-order chi connectivity index (χ1) is 13.1. The molecular formula is C20H23FO7. The second-order valence-corrected chi connectivity index (χ2v) is 6.61. The molecule has 0 unspecified atom stereocenters. The highest BCUT2D eigenvalue weighted by molar-refractivity contribution is 5.98. The number of methoxy groups -OCH3 is 1. The summed E-state index contributed by atoms with van der Waals surface area (Å²) in [4.78, 5) is 24.5. The lowest BCUT2D eigenvalue weighted by Gasteiger charge is -2.20. The van der Waals surface area contributed by atoms with Crippen LogP contribution >= 0.6 is 0 Å². The minimum Gasteiger partial charge on any atom is -0.507 e. The Hall–Kier alpha value is -2.71. The first-order valence-electron chi connectivity index (χ1n) is 8.71. The molecule has 0 bridgehead atoms. The number of hydrogen-bond donors (Lipinski definition) is 3.